The first kappa shape index (κ1) is 13.5. The molecule has 112 valence electrons. The molecule has 1 aliphatic heterocycles. The fraction of sp³-hybridized carbons (Fsp3) is 0.188. The Morgan fingerprint density at radius 3 is 2.82 bits per heavy atom. The summed E-state index contributed by atoms with van der Waals surface area (Å²) >= 11 is 0. The third-order valence-corrected chi connectivity index (χ3v) is 5.94. The molecule has 3 aromatic rings. The van der Waals surface area contributed by atoms with Gasteiger partial charge in [-0.05, 0) is 11.5 Å². The molecule has 2 heterocycles. The number of aromatic nitrogens is 1. The van der Waals surface area contributed by atoms with Crippen molar-refractivity contribution in [1.29, 1.82) is 0 Å². The van der Waals surface area contributed by atoms with E-state index in [1.165, 1.54) is 4.31 Å². The molecule has 0 amide bonds. The van der Waals surface area contributed by atoms with E-state index >= 15 is 0 Å². The smallest absolute Gasteiger partial charge is 0.244 e. The lowest BCUT2D eigenvalue weighted by molar-refractivity contribution is 0.331. The molecule has 0 unspecified atom stereocenters. The molecule has 0 spiro atoms. The summed E-state index contributed by atoms with van der Waals surface area (Å²) in [5, 5.41) is 5.42. The van der Waals surface area contributed by atoms with E-state index in [0.29, 0.717) is 24.4 Å². The molecular weight excluding hydrogens is 300 g/mol. The van der Waals surface area contributed by atoms with E-state index in [2.05, 4.69) is 5.16 Å². The number of hydrogen-bond acceptors (Lipinski definition) is 4. The van der Waals surface area contributed by atoms with Crippen LogP contribution in [0.3, 0.4) is 0 Å². The Kier molecular flexibility index (Phi) is 3.02. The predicted molar refractivity (Wildman–Crippen MR) is 81.8 cm³/mol. The van der Waals surface area contributed by atoms with Crippen molar-refractivity contribution in [3.8, 4) is 0 Å². The lowest BCUT2D eigenvalue weighted by atomic mass is 10.1. The molecule has 2 aromatic carbocycles. The van der Waals surface area contributed by atoms with Gasteiger partial charge >= 0.3 is 0 Å². The highest BCUT2D eigenvalue weighted by Crippen LogP contribution is 2.29. The monoisotopic (exact) mass is 314 g/mol. The number of rotatable bonds is 2. The van der Waals surface area contributed by atoms with E-state index < -0.39 is 10.0 Å². The van der Waals surface area contributed by atoms with Crippen molar-refractivity contribution in [2.75, 3.05) is 6.54 Å². The first-order valence-electron chi connectivity index (χ1n) is 7.06. The van der Waals surface area contributed by atoms with Gasteiger partial charge in [-0.3, -0.25) is 0 Å². The number of benzene rings is 2. The highest BCUT2D eigenvalue weighted by molar-refractivity contribution is 7.89. The van der Waals surface area contributed by atoms with Gasteiger partial charge in [-0.15, -0.1) is 0 Å². The molecule has 5 nitrogen and oxygen atoms in total. The summed E-state index contributed by atoms with van der Waals surface area (Å²) < 4.78 is 32.6. The third kappa shape index (κ3) is 2.03. The van der Waals surface area contributed by atoms with Crippen LogP contribution in [0.15, 0.2) is 58.1 Å². The zero-order valence-corrected chi connectivity index (χ0v) is 12.6. The standard InChI is InChI=1S/C16H14N2O3S/c19-22(20,18-9-8-15-13(11-18)10-17-21-15)16-7-3-5-12-4-1-2-6-14(12)16/h1-7,10H,8-9,11H2. The summed E-state index contributed by atoms with van der Waals surface area (Å²) in [6.45, 7) is 0.720. The molecule has 0 atom stereocenters. The molecule has 0 N–H and O–H groups in total. The van der Waals surface area contributed by atoms with Crippen molar-refractivity contribution < 1.29 is 12.9 Å². The van der Waals surface area contributed by atoms with Crippen molar-refractivity contribution in [3.05, 3.63) is 60.0 Å². The number of nitrogens with zero attached hydrogens (tertiary/aromatic N) is 2. The molecule has 1 aromatic heterocycles. The van der Waals surface area contributed by atoms with E-state index in [0.717, 1.165) is 22.1 Å². The van der Waals surface area contributed by atoms with Crippen LogP contribution in [0.25, 0.3) is 10.8 Å². The van der Waals surface area contributed by atoms with Gasteiger partial charge < -0.3 is 4.52 Å². The van der Waals surface area contributed by atoms with Gasteiger partial charge in [0.1, 0.15) is 5.76 Å². The maximum atomic E-state index is 13.0. The first-order chi connectivity index (χ1) is 10.7. The predicted octanol–water partition coefficient (Wildman–Crippen LogP) is 2.57. The average Bonchev–Trinajstić information content (AvgIpc) is 3.02. The Morgan fingerprint density at radius 1 is 1.09 bits per heavy atom. The highest BCUT2D eigenvalue weighted by atomic mass is 32.2. The molecule has 0 saturated heterocycles. The van der Waals surface area contributed by atoms with Crippen LogP contribution in [0.1, 0.15) is 11.3 Å². The van der Waals surface area contributed by atoms with Crippen LogP contribution < -0.4 is 0 Å². The van der Waals surface area contributed by atoms with Crippen LogP contribution in [0.2, 0.25) is 0 Å². The summed E-state index contributed by atoms with van der Waals surface area (Å²) in [6.07, 6.45) is 2.15. The van der Waals surface area contributed by atoms with Crippen molar-refractivity contribution in [1.82, 2.24) is 9.46 Å². The molecule has 22 heavy (non-hydrogen) atoms. The van der Waals surface area contributed by atoms with Crippen molar-refractivity contribution in [2.45, 2.75) is 17.9 Å². The second-order valence-corrected chi connectivity index (χ2v) is 7.25. The van der Waals surface area contributed by atoms with E-state index in [4.69, 9.17) is 4.52 Å². The SMILES string of the molecule is O=S(=O)(c1cccc2ccccc12)N1CCc2oncc2C1. The lowest BCUT2D eigenvalue weighted by Crippen LogP contribution is -2.35. The maximum Gasteiger partial charge on any atom is 0.244 e. The summed E-state index contributed by atoms with van der Waals surface area (Å²) in [7, 11) is -3.55. The Bertz CT molecular complexity index is 941. The highest BCUT2D eigenvalue weighted by Gasteiger charge is 2.31. The Hall–Kier alpha value is -2.18. The first-order valence-corrected chi connectivity index (χ1v) is 8.50. The summed E-state index contributed by atoms with van der Waals surface area (Å²) in [5.74, 6) is 0.782. The zero-order chi connectivity index (χ0) is 15.2. The second-order valence-electron chi connectivity index (χ2n) is 5.34. The largest absolute Gasteiger partial charge is 0.361 e. The van der Waals surface area contributed by atoms with E-state index in [1.807, 2.05) is 30.3 Å². The molecule has 0 fully saturated rings. The van der Waals surface area contributed by atoms with Crippen LogP contribution >= 0.6 is 0 Å². The fourth-order valence-electron chi connectivity index (χ4n) is 2.88. The molecule has 0 saturated carbocycles. The fourth-order valence-corrected chi connectivity index (χ4v) is 4.51. The van der Waals surface area contributed by atoms with Crippen molar-refractivity contribution in [2.24, 2.45) is 0 Å². The van der Waals surface area contributed by atoms with Crippen LogP contribution in [-0.4, -0.2) is 24.4 Å². The van der Waals surface area contributed by atoms with Gasteiger partial charge in [0.25, 0.3) is 0 Å². The lowest BCUT2D eigenvalue weighted by Gasteiger charge is -2.25. The number of fused-ring (bicyclic) bond motifs is 2. The second kappa shape index (κ2) is 4.93. The molecule has 6 heteroatoms. The van der Waals surface area contributed by atoms with Gasteiger partial charge in [0.2, 0.25) is 10.0 Å². The summed E-state index contributed by atoms with van der Waals surface area (Å²) in [5.41, 5.74) is 0.843. The quantitative estimate of drug-likeness (QED) is 0.729. The number of hydrogen-bond donors (Lipinski definition) is 0. The van der Waals surface area contributed by atoms with Crippen molar-refractivity contribution >= 4 is 20.8 Å². The van der Waals surface area contributed by atoms with Gasteiger partial charge in [-0.1, -0.05) is 41.6 Å². The summed E-state index contributed by atoms with van der Waals surface area (Å²) in [4.78, 5) is 0.352. The minimum Gasteiger partial charge on any atom is -0.361 e. The Balaban J connectivity index is 1.81. The molecular formula is C16H14N2O3S. The number of sulfonamides is 1. The minimum absolute atomic E-state index is 0.310. The molecule has 4 rings (SSSR count). The molecule has 0 radical (unpaired) electrons. The van der Waals surface area contributed by atoms with E-state index in [9.17, 15) is 8.42 Å². The van der Waals surface area contributed by atoms with Crippen LogP contribution in [-0.2, 0) is 23.0 Å². The summed E-state index contributed by atoms with van der Waals surface area (Å²) in [6, 6.07) is 12.9. The van der Waals surface area contributed by atoms with Crippen LogP contribution in [0, 0.1) is 0 Å². The van der Waals surface area contributed by atoms with Crippen LogP contribution in [0.4, 0.5) is 0 Å². The van der Waals surface area contributed by atoms with E-state index in [-0.39, 0.29) is 0 Å². The minimum atomic E-state index is -3.55. The molecule has 1 aliphatic rings. The van der Waals surface area contributed by atoms with Gasteiger partial charge in [0.15, 0.2) is 0 Å². The Morgan fingerprint density at radius 2 is 1.91 bits per heavy atom. The molecule has 0 aliphatic carbocycles. The average molecular weight is 314 g/mol. The van der Waals surface area contributed by atoms with Gasteiger partial charge in [-0.25, -0.2) is 8.42 Å². The topological polar surface area (TPSA) is 63.4 Å². The third-order valence-electron chi connectivity index (χ3n) is 4.03. The Labute approximate surface area is 128 Å². The molecule has 0 bridgehead atoms. The van der Waals surface area contributed by atoms with Crippen LogP contribution in [0.5, 0.6) is 0 Å². The zero-order valence-electron chi connectivity index (χ0n) is 11.8. The van der Waals surface area contributed by atoms with E-state index in [1.54, 1.807) is 18.3 Å². The van der Waals surface area contributed by atoms with Gasteiger partial charge in [0.05, 0.1) is 11.1 Å². The maximum absolute atomic E-state index is 13.0. The normalized spacial score (nSPS) is 15.8. The van der Waals surface area contributed by atoms with Gasteiger partial charge in [0, 0.05) is 30.5 Å². The van der Waals surface area contributed by atoms with Gasteiger partial charge in [-0.2, -0.15) is 4.31 Å². The van der Waals surface area contributed by atoms with Crippen molar-refractivity contribution in [3.63, 3.8) is 0 Å².